The van der Waals surface area contributed by atoms with E-state index in [1.54, 1.807) is 18.2 Å². The van der Waals surface area contributed by atoms with Crippen LogP contribution in [0.4, 0.5) is 5.69 Å². The van der Waals surface area contributed by atoms with E-state index in [9.17, 15) is 13.2 Å². The summed E-state index contributed by atoms with van der Waals surface area (Å²) in [6.07, 6.45) is 1.32. The maximum absolute atomic E-state index is 12.0. The van der Waals surface area contributed by atoms with Crippen LogP contribution < -0.4 is 5.73 Å². The maximum Gasteiger partial charge on any atom is 0.360 e. The van der Waals surface area contributed by atoms with Gasteiger partial charge in [0.1, 0.15) is 4.90 Å². The van der Waals surface area contributed by atoms with E-state index in [2.05, 4.69) is 14.2 Å². The van der Waals surface area contributed by atoms with Crippen molar-refractivity contribution in [2.24, 2.45) is 4.40 Å². The van der Waals surface area contributed by atoms with E-state index in [1.807, 2.05) is 0 Å². The van der Waals surface area contributed by atoms with Crippen LogP contribution in [0.2, 0.25) is 0 Å². The first kappa shape index (κ1) is 13.3. The highest BCUT2D eigenvalue weighted by atomic mass is 32.2. The molecule has 0 saturated carbocycles. The number of hydrogen-bond acceptors (Lipinski definition) is 6. The molecule has 3 rings (SSSR count). The van der Waals surface area contributed by atoms with Crippen LogP contribution >= 0.6 is 0 Å². The summed E-state index contributed by atoms with van der Waals surface area (Å²) in [7, 11) is -2.56. The Hall–Kier alpha value is -2.68. The van der Waals surface area contributed by atoms with Gasteiger partial charge in [0.15, 0.2) is 11.5 Å². The first-order valence-electron chi connectivity index (χ1n) is 5.82. The number of fused-ring (bicyclic) bond motifs is 1. The van der Waals surface area contributed by atoms with Gasteiger partial charge < -0.3 is 10.5 Å². The predicted molar refractivity (Wildman–Crippen MR) is 73.5 cm³/mol. The molecule has 2 heterocycles. The topological polar surface area (TPSA) is 117 Å². The lowest BCUT2D eigenvalue weighted by molar-refractivity contribution is 0.0595. The molecule has 0 saturated heterocycles. The van der Waals surface area contributed by atoms with Crippen LogP contribution in [0.1, 0.15) is 16.1 Å². The Morgan fingerprint density at radius 1 is 1.33 bits per heavy atom. The normalized spacial score (nSPS) is 15.4. The molecule has 2 N–H and O–H groups in total. The molecule has 0 fully saturated rings. The fourth-order valence-corrected chi connectivity index (χ4v) is 3.20. The molecule has 0 bridgehead atoms. The van der Waals surface area contributed by atoms with Gasteiger partial charge in [0.05, 0.1) is 19.0 Å². The predicted octanol–water partition coefficient (Wildman–Crippen LogP) is 0.249. The first-order chi connectivity index (χ1) is 9.94. The molecule has 0 spiro atoms. The van der Waals surface area contributed by atoms with Crippen LogP contribution in [0, 0.1) is 0 Å². The summed E-state index contributed by atoms with van der Waals surface area (Å²) >= 11 is 0. The number of nitrogen functional groups attached to an aromatic ring is 1. The average molecular weight is 306 g/mol. The Bertz CT molecular complexity index is 882. The van der Waals surface area contributed by atoms with Gasteiger partial charge in [0.2, 0.25) is 0 Å². The number of methoxy groups -OCH3 is 1. The molecule has 2 aromatic rings. The number of carbonyl (C=O) groups excluding carboxylic acids is 1. The van der Waals surface area contributed by atoms with Gasteiger partial charge in [-0.1, -0.05) is 12.1 Å². The molecule has 21 heavy (non-hydrogen) atoms. The number of sulfonamides is 1. The van der Waals surface area contributed by atoms with Gasteiger partial charge in [-0.05, 0) is 12.1 Å². The highest BCUT2D eigenvalue weighted by molar-refractivity contribution is 7.90. The Labute approximate surface area is 119 Å². The molecule has 0 atom stereocenters. The second-order valence-electron chi connectivity index (χ2n) is 4.26. The molecule has 108 valence electrons. The van der Waals surface area contributed by atoms with Crippen molar-refractivity contribution < 1.29 is 17.9 Å². The largest absolute Gasteiger partial charge is 0.464 e. The Morgan fingerprint density at radius 2 is 2.05 bits per heavy atom. The van der Waals surface area contributed by atoms with Gasteiger partial charge in [0, 0.05) is 5.56 Å². The molecule has 1 aromatic carbocycles. The van der Waals surface area contributed by atoms with E-state index in [4.69, 9.17) is 5.73 Å². The van der Waals surface area contributed by atoms with E-state index in [-0.39, 0.29) is 22.1 Å². The minimum absolute atomic E-state index is 0.0753. The summed E-state index contributed by atoms with van der Waals surface area (Å²) < 4.78 is 33.3. The lowest BCUT2D eigenvalue weighted by atomic mass is 10.2. The van der Waals surface area contributed by atoms with Gasteiger partial charge >= 0.3 is 5.97 Å². The molecule has 0 unspecified atom stereocenters. The molecule has 1 aliphatic rings. The smallest absolute Gasteiger partial charge is 0.360 e. The van der Waals surface area contributed by atoms with E-state index >= 15 is 0 Å². The molecule has 8 nitrogen and oxygen atoms in total. The maximum atomic E-state index is 12.0. The number of carbonyl (C=O) groups is 1. The van der Waals surface area contributed by atoms with Crippen LogP contribution in [-0.2, 0) is 14.8 Å². The van der Waals surface area contributed by atoms with Crippen LogP contribution in [0.3, 0.4) is 0 Å². The van der Waals surface area contributed by atoms with Crippen molar-refractivity contribution in [2.45, 2.75) is 4.90 Å². The molecular formula is C12H10N4O4S. The van der Waals surface area contributed by atoms with Crippen LogP contribution in [-0.4, -0.2) is 37.1 Å². The minimum atomic E-state index is -3.76. The third kappa shape index (κ3) is 1.98. The average Bonchev–Trinajstić information content (AvgIpc) is 2.97. The van der Waals surface area contributed by atoms with Crippen molar-refractivity contribution in [2.75, 3.05) is 12.8 Å². The summed E-state index contributed by atoms with van der Waals surface area (Å²) in [4.78, 5) is 11.6. The number of nitrogens with two attached hydrogens (primary N) is 1. The molecule has 0 radical (unpaired) electrons. The number of hydrogen-bond donors (Lipinski definition) is 1. The molecular weight excluding hydrogens is 296 g/mol. The number of nitrogens with zero attached hydrogens (tertiary/aromatic N) is 3. The second kappa shape index (κ2) is 4.42. The zero-order valence-corrected chi connectivity index (χ0v) is 11.7. The van der Waals surface area contributed by atoms with Gasteiger partial charge in [-0.3, -0.25) is 0 Å². The van der Waals surface area contributed by atoms with Crippen LogP contribution in [0.5, 0.6) is 0 Å². The fourth-order valence-electron chi connectivity index (χ4n) is 2.00. The van der Waals surface area contributed by atoms with E-state index < -0.39 is 16.0 Å². The minimum Gasteiger partial charge on any atom is -0.464 e. The summed E-state index contributed by atoms with van der Waals surface area (Å²) in [6.45, 7) is 0. The number of anilines is 1. The molecule has 1 aliphatic heterocycles. The van der Waals surface area contributed by atoms with E-state index in [0.717, 1.165) is 4.68 Å². The number of rotatable bonds is 1. The van der Waals surface area contributed by atoms with Crippen molar-refractivity contribution in [3.63, 3.8) is 0 Å². The highest BCUT2D eigenvalue weighted by Gasteiger charge is 2.30. The van der Waals surface area contributed by atoms with Gasteiger partial charge in [-0.25, -0.2) is 9.48 Å². The van der Waals surface area contributed by atoms with E-state index in [1.165, 1.54) is 19.4 Å². The standard InChI is InChI=1S/C12H10N4O4S/c1-20-12(17)10-8(13)6-16(14-10)11-7-4-2-3-5-9(7)21(18,19)15-11/h2-6H,13H2,1H3. The van der Waals surface area contributed by atoms with Crippen molar-refractivity contribution in [1.29, 1.82) is 0 Å². The van der Waals surface area contributed by atoms with Crippen LogP contribution in [0.15, 0.2) is 39.8 Å². The quantitative estimate of drug-likeness (QED) is 0.755. The zero-order valence-electron chi connectivity index (χ0n) is 10.8. The zero-order chi connectivity index (χ0) is 15.2. The summed E-state index contributed by atoms with van der Waals surface area (Å²) in [5, 5.41) is 3.95. The van der Waals surface area contributed by atoms with Crippen molar-refractivity contribution >= 4 is 27.5 Å². The fraction of sp³-hybridized carbons (Fsp3) is 0.0833. The number of benzene rings is 1. The van der Waals surface area contributed by atoms with Crippen molar-refractivity contribution in [1.82, 2.24) is 9.78 Å². The lowest BCUT2D eigenvalue weighted by Crippen LogP contribution is -2.13. The Kier molecular flexibility index (Phi) is 2.80. The lowest BCUT2D eigenvalue weighted by Gasteiger charge is -2.00. The second-order valence-corrected chi connectivity index (χ2v) is 5.83. The highest BCUT2D eigenvalue weighted by Crippen LogP contribution is 2.27. The van der Waals surface area contributed by atoms with Gasteiger partial charge in [-0.2, -0.15) is 13.5 Å². The summed E-state index contributed by atoms with van der Waals surface area (Å²) in [6, 6.07) is 6.35. The first-order valence-corrected chi connectivity index (χ1v) is 7.26. The molecule has 0 aliphatic carbocycles. The number of esters is 1. The van der Waals surface area contributed by atoms with Gasteiger partial charge in [-0.15, -0.1) is 4.40 Å². The van der Waals surface area contributed by atoms with Crippen molar-refractivity contribution in [3.05, 3.63) is 41.7 Å². The molecule has 9 heteroatoms. The monoisotopic (exact) mass is 306 g/mol. The molecule has 0 amide bonds. The van der Waals surface area contributed by atoms with Gasteiger partial charge in [0.25, 0.3) is 10.0 Å². The summed E-state index contributed by atoms with van der Waals surface area (Å²) in [5.41, 5.74) is 6.06. The summed E-state index contributed by atoms with van der Waals surface area (Å²) in [5.74, 6) is -0.617. The third-order valence-electron chi connectivity index (χ3n) is 2.95. The van der Waals surface area contributed by atoms with Crippen molar-refractivity contribution in [3.8, 4) is 0 Å². The number of aromatic nitrogens is 2. The Morgan fingerprint density at radius 3 is 2.76 bits per heavy atom. The van der Waals surface area contributed by atoms with E-state index in [0.29, 0.717) is 5.56 Å². The van der Waals surface area contributed by atoms with Crippen LogP contribution in [0.25, 0.3) is 0 Å². The third-order valence-corrected chi connectivity index (χ3v) is 4.28. The molecule has 1 aromatic heterocycles. The Balaban J connectivity index is 2.17. The SMILES string of the molecule is COC(=O)c1nn(C2=NS(=O)(=O)c3ccccc32)cc1N. The number of ether oxygens (including phenoxy) is 1.